The summed E-state index contributed by atoms with van der Waals surface area (Å²) < 4.78 is 5.47. The molecule has 2 aromatic rings. The number of ketones is 1. The molecule has 1 aromatic heterocycles. The van der Waals surface area contributed by atoms with Crippen molar-refractivity contribution in [1.82, 2.24) is 4.98 Å². The van der Waals surface area contributed by atoms with Crippen molar-refractivity contribution in [1.29, 1.82) is 0 Å². The first-order valence-corrected chi connectivity index (χ1v) is 10.1. The molecule has 1 fully saturated rings. The van der Waals surface area contributed by atoms with Crippen LogP contribution in [-0.2, 0) is 9.53 Å². The van der Waals surface area contributed by atoms with E-state index in [1.807, 2.05) is 0 Å². The number of anilines is 1. The molecule has 0 aliphatic heterocycles. The fourth-order valence-corrected chi connectivity index (χ4v) is 3.97. The van der Waals surface area contributed by atoms with E-state index in [4.69, 9.17) is 4.74 Å². The van der Waals surface area contributed by atoms with Crippen LogP contribution in [0.4, 0.5) is 5.69 Å². The van der Waals surface area contributed by atoms with Crippen molar-refractivity contribution < 1.29 is 24.2 Å². The number of allylic oxidation sites excluding steroid dienone is 4. The second kappa shape index (κ2) is 8.55. The zero-order chi connectivity index (χ0) is 22.0. The molecule has 1 aromatic carbocycles. The molecule has 7 nitrogen and oxygen atoms in total. The Kier molecular flexibility index (Phi) is 5.66. The number of rotatable bonds is 6. The molecule has 2 aliphatic rings. The van der Waals surface area contributed by atoms with Gasteiger partial charge in [-0.3, -0.25) is 19.5 Å². The van der Waals surface area contributed by atoms with Crippen molar-refractivity contribution in [2.45, 2.75) is 19.3 Å². The SMILES string of the molecule is COC1=CC=C(N(C(=O)c2cccnc2)c2ccc(C(=O)O)cc2)C(=O)C1C1CCC1. The molecule has 31 heavy (non-hydrogen) atoms. The Labute approximate surface area is 179 Å². The van der Waals surface area contributed by atoms with E-state index in [1.165, 1.54) is 35.4 Å². The van der Waals surface area contributed by atoms with Crippen LogP contribution < -0.4 is 4.90 Å². The zero-order valence-electron chi connectivity index (χ0n) is 17.0. The molecule has 1 N–H and O–H groups in total. The van der Waals surface area contributed by atoms with Crippen LogP contribution in [0.5, 0.6) is 0 Å². The van der Waals surface area contributed by atoms with Gasteiger partial charge in [-0.25, -0.2) is 4.79 Å². The average Bonchev–Trinajstić information content (AvgIpc) is 2.76. The number of carboxylic acid groups (broad SMARTS) is 1. The van der Waals surface area contributed by atoms with E-state index in [2.05, 4.69) is 4.98 Å². The summed E-state index contributed by atoms with van der Waals surface area (Å²) in [5.41, 5.74) is 1.05. The minimum absolute atomic E-state index is 0.0930. The molecule has 1 saturated carbocycles. The number of amides is 1. The maximum absolute atomic E-state index is 13.6. The van der Waals surface area contributed by atoms with Crippen LogP contribution >= 0.6 is 0 Å². The van der Waals surface area contributed by atoms with Crippen molar-refractivity contribution in [3.05, 3.63) is 83.5 Å². The fourth-order valence-electron chi connectivity index (χ4n) is 3.97. The summed E-state index contributed by atoms with van der Waals surface area (Å²) in [6.07, 6.45) is 9.29. The van der Waals surface area contributed by atoms with Gasteiger partial charge < -0.3 is 9.84 Å². The number of carbonyl (C=O) groups excluding carboxylic acids is 2. The lowest BCUT2D eigenvalue weighted by Gasteiger charge is -2.37. The van der Waals surface area contributed by atoms with Crippen molar-refractivity contribution in [2.75, 3.05) is 12.0 Å². The third-order valence-corrected chi connectivity index (χ3v) is 5.83. The lowest BCUT2D eigenvalue weighted by molar-refractivity contribution is -0.122. The second-order valence-corrected chi connectivity index (χ2v) is 7.59. The second-order valence-electron chi connectivity index (χ2n) is 7.59. The largest absolute Gasteiger partial charge is 0.500 e. The first-order chi connectivity index (χ1) is 15.0. The molecule has 0 spiro atoms. The van der Waals surface area contributed by atoms with Crippen molar-refractivity contribution >= 4 is 23.3 Å². The Bertz CT molecular complexity index is 1070. The molecule has 1 atom stereocenters. The van der Waals surface area contributed by atoms with E-state index in [1.54, 1.807) is 37.6 Å². The van der Waals surface area contributed by atoms with Gasteiger partial charge in [-0.2, -0.15) is 0 Å². The minimum atomic E-state index is -1.07. The van der Waals surface area contributed by atoms with Crippen LogP contribution in [-0.4, -0.2) is 34.9 Å². The predicted molar refractivity (Wildman–Crippen MR) is 113 cm³/mol. The summed E-state index contributed by atoms with van der Waals surface area (Å²) in [6, 6.07) is 9.15. The lowest BCUT2D eigenvalue weighted by Crippen LogP contribution is -2.41. The molecular formula is C24H22N2O5. The highest BCUT2D eigenvalue weighted by molar-refractivity contribution is 6.16. The molecular weight excluding hydrogens is 396 g/mol. The highest BCUT2D eigenvalue weighted by Crippen LogP contribution is 2.41. The lowest BCUT2D eigenvalue weighted by atomic mass is 9.71. The van der Waals surface area contributed by atoms with Crippen LogP contribution in [0.15, 0.2) is 72.4 Å². The van der Waals surface area contributed by atoms with Gasteiger partial charge in [0.2, 0.25) is 0 Å². The van der Waals surface area contributed by atoms with Crippen molar-refractivity contribution in [2.24, 2.45) is 11.8 Å². The number of carboxylic acids is 1. The summed E-state index contributed by atoms with van der Waals surface area (Å²) in [7, 11) is 1.55. The number of aromatic carboxylic acids is 1. The quantitative estimate of drug-likeness (QED) is 0.766. The summed E-state index contributed by atoms with van der Waals surface area (Å²) >= 11 is 0. The third kappa shape index (κ3) is 3.86. The number of pyridine rings is 1. The number of benzene rings is 1. The Morgan fingerprint density at radius 2 is 1.84 bits per heavy atom. The van der Waals surface area contributed by atoms with Crippen LogP contribution in [0.25, 0.3) is 0 Å². The molecule has 1 amide bonds. The van der Waals surface area contributed by atoms with Gasteiger partial charge in [-0.15, -0.1) is 0 Å². The number of hydrogen-bond donors (Lipinski definition) is 1. The fraction of sp³-hybridized carbons (Fsp3) is 0.250. The van der Waals surface area contributed by atoms with Gasteiger partial charge in [0.15, 0.2) is 5.78 Å². The van der Waals surface area contributed by atoms with Crippen molar-refractivity contribution in [3.63, 3.8) is 0 Å². The Morgan fingerprint density at radius 1 is 1.10 bits per heavy atom. The van der Waals surface area contributed by atoms with Gasteiger partial charge in [-0.1, -0.05) is 6.42 Å². The maximum atomic E-state index is 13.6. The highest BCUT2D eigenvalue weighted by atomic mass is 16.5. The molecule has 2 aliphatic carbocycles. The molecule has 0 radical (unpaired) electrons. The van der Waals surface area contributed by atoms with Gasteiger partial charge in [-0.05, 0) is 67.3 Å². The molecule has 1 unspecified atom stereocenters. The highest BCUT2D eigenvalue weighted by Gasteiger charge is 2.41. The predicted octanol–water partition coefficient (Wildman–Crippen LogP) is 3.84. The summed E-state index contributed by atoms with van der Waals surface area (Å²) in [5.74, 6) is -1.30. The van der Waals surface area contributed by atoms with Gasteiger partial charge in [0.25, 0.3) is 5.91 Å². The number of aromatic nitrogens is 1. The zero-order valence-corrected chi connectivity index (χ0v) is 17.0. The van der Waals surface area contributed by atoms with E-state index in [0.717, 1.165) is 19.3 Å². The Hall–Kier alpha value is -3.74. The number of methoxy groups -OCH3 is 1. The molecule has 1 heterocycles. The topological polar surface area (TPSA) is 96.8 Å². The molecule has 0 bridgehead atoms. The van der Waals surface area contributed by atoms with E-state index < -0.39 is 17.8 Å². The first kappa shape index (κ1) is 20.5. The number of Topliss-reactive ketones (excluding diaryl/α,β-unsaturated/α-hetero) is 1. The molecule has 7 heteroatoms. The normalized spacial score (nSPS) is 18.5. The Morgan fingerprint density at radius 3 is 2.39 bits per heavy atom. The van der Waals surface area contributed by atoms with E-state index in [9.17, 15) is 19.5 Å². The smallest absolute Gasteiger partial charge is 0.335 e. The monoisotopic (exact) mass is 418 g/mol. The van der Waals surface area contributed by atoms with Crippen LogP contribution in [0.2, 0.25) is 0 Å². The third-order valence-electron chi connectivity index (χ3n) is 5.83. The van der Waals surface area contributed by atoms with Crippen LogP contribution in [0.3, 0.4) is 0 Å². The van der Waals surface area contributed by atoms with Gasteiger partial charge in [0, 0.05) is 18.1 Å². The Balaban J connectivity index is 1.79. The molecule has 158 valence electrons. The average molecular weight is 418 g/mol. The number of ether oxygens (including phenoxy) is 1. The van der Waals surface area contributed by atoms with Crippen molar-refractivity contribution in [3.8, 4) is 0 Å². The van der Waals surface area contributed by atoms with Crippen LogP contribution in [0, 0.1) is 11.8 Å². The van der Waals surface area contributed by atoms with E-state index in [-0.39, 0.29) is 23.0 Å². The molecule has 4 rings (SSSR count). The minimum Gasteiger partial charge on any atom is -0.500 e. The standard InChI is InChI=1S/C24H22N2O5/c1-31-20-12-11-19(22(27)21(20)15-4-2-5-15)26(23(28)17-6-3-13-25-14-17)18-9-7-16(8-10-18)24(29)30/h3,6-15,21H,2,4-5H2,1H3,(H,29,30). The number of nitrogens with zero attached hydrogens (tertiary/aromatic N) is 2. The summed E-state index contributed by atoms with van der Waals surface area (Å²) in [6.45, 7) is 0. The van der Waals surface area contributed by atoms with Gasteiger partial charge in [0.1, 0.15) is 5.76 Å². The first-order valence-electron chi connectivity index (χ1n) is 10.1. The number of carbonyl (C=O) groups is 3. The van der Waals surface area contributed by atoms with E-state index in [0.29, 0.717) is 17.0 Å². The molecule has 0 saturated heterocycles. The summed E-state index contributed by atoms with van der Waals surface area (Å²) in [5, 5.41) is 9.20. The van der Waals surface area contributed by atoms with Crippen LogP contribution in [0.1, 0.15) is 40.0 Å². The van der Waals surface area contributed by atoms with E-state index >= 15 is 0 Å². The van der Waals surface area contributed by atoms with Gasteiger partial charge >= 0.3 is 5.97 Å². The maximum Gasteiger partial charge on any atom is 0.335 e. The number of hydrogen-bond acceptors (Lipinski definition) is 5. The van der Waals surface area contributed by atoms with Gasteiger partial charge in [0.05, 0.1) is 29.9 Å². The summed E-state index contributed by atoms with van der Waals surface area (Å²) in [4.78, 5) is 43.6.